The standard InChI is InChI=1S/C8H17F3N2/c1-12-5-3-4-6-13(2)7-8(9,10)11/h12H,3-7H2,1-2H3. The number of alkyl halides is 3. The molecule has 0 spiro atoms. The van der Waals surface area contributed by atoms with Crippen molar-refractivity contribution in [2.24, 2.45) is 0 Å². The molecular formula is C8H17F3N2. The van der Waals surface area contributed by atoms with Crippen LogP contribution in [0.5, 0.6) is 0 Å². The Morgan fingerprint density at radius 1 is 1.23 bits per heavy atom. The number of unbranched alkanes of at least 4 members (excludes halogenated alkanes) is 1. The highest BCUT2D eigenvalue weighted by molar-refractivity contribution is 4.58. The van der Waals surface area contributed by atoms with Gasteiger partial charge in [0, 0.05) is 0 Å². The molecule has 0 aliphatic rings. The van der Waals surface area contributed by atoms with Gasteiger partial charge in [-0.05, 0) is 40.0 Å². The van der Waals surface area contributed by atoms with Crippen molar-refractivity contribution in [3.05, 3.63) is 0 Å². The van der Waals surface area contributed by atoms with E-state index in [9.17, 15) is 13.2 Å². The van der Waals surface area contributed by atoms with Gasteiger partial charge in [-0.1, -0.05) is 0 Å². The summed E-state index contributed by atoms with van der Waals surface area (Å²) in [6.45, 7) is 0.549. The predicted molar refractivity (Wildman–Crippen MR) is 46.7 cm³/mol. The summed E-state index contributed by atoms with van der Waals surface area (Å²) < 4.78 is 35.5. The third-order valence-corrected chi connectivity index (χ3v) is 1.67. The highest BCUT2D eigenvalue weighted by atomic mass is 19.4. The summed E-state index contributed by atoms with van der Waals surface area (Å²) in [5.74, 6) is 0. The molecule has 0 aromatic carbocycles. The van der Waals surface area contributed by atoms with Gasteiger partial charge in [0.2, 0.25) is 0 Å². The monoisotopic (exact) mass is 198 g/mol. The number of rotatable bonds is 6. The van der Waals surface area contributed by atoms with Gasteiger partial charge in [0.25, 0.3) is 0 Å². The van der Waals surface area contributed by atoms with Crippen molar-refractivity contribution >= 4 is 0 Å². The third kappa shape index (κ3) is 9.63. The van der Waals surface area contributed by atoms with Gasteiger partial charge >= 0.3 is 6.18 Å². The van der Waals surface area contributed by atoms with Gasteiger partial charge in [-0.15, -0.1) is 0 Å². The molecule has 1 N–H and O–H groups in total. The minimum absolute atomic E-state index is 0.501. The maximum absolute atomic E-state index is 11.8. The molecule has 0 atom stereocenters. The van der Waals surface area contributed by atoms with Crippen LogP contribution in [0.2, 0.25) is 0 Å². The Balaban J connectivity index is 3.35. The Morgan fingerprint density at radius 3 is 2.31 bits per heavy atom. The van der Waals surface area contributed by atoms with Crippen LogP contribution in [0.15, 0.2) is 0 Å². The van der Waals surface area contributed by atoms with E-state index >= 15 is 0 Å². The van der Waals surface area contributed by atoms with Crippen molar-refractivity contribution < 1.29 is 13.2 Å². The molecule has 0 aliphatic carbocycles. The Labute approximate surface area is 77.1 Å². The van der Waals surface area contributed by atoms with E-state index in [0.717, 1.165) is 19.4 Å². The van der Waals surface area contributed by atoms with E-state index in [-0.39, 0.29) is 0 Å². The van der Waals surface area contributed by atoms with E-state index in [1.807, 2.05) is 7.05 Å². The van der Waals surface area contributed by atoms with Gasteiger partial charge < -0.3 is 5.32 Å². The molecule has 0 heterocycles. The predicted octanol–water partition coefficient (Wildman–Crippen LogP) is 1.48. The van der Waals surface area contributed by atoms with E-state index in [4.69, 9.17) is 0 Å². The number of hydrogen-bond acceptors (Lipinski definition) is 2. The fraction of sp³-hybridized carbons (Fsp3) is 1.00. The fourth-order valence-corrected chi connectivity index (χ4v) is 1.07. The lowest BCUT2D eigenvalue weighted by atomic mass is 10.3. The third-order valence-electron chi connectivity index (χ3n) is 1.67. The lowest BCUT2D eigenvalue weighted by molar-refractivity contribution is -0.143. The molecule has 13 heavy (non-hydrogen) atoms. The number of hydrogen-bond donors (Lipinski definition) is 1. The minimum Gasteiger partial charge on any atom is -0.320 e. The van der Waals surface area contributed by atoms with E-state index in [0.29, 0.717) is 6.54 Å². The summed E-state index contributed by atoms with van der Waals surface area (Å²) in [4.78, 5) is 1.30. The van der Waals surface area contributed by atoms with Crippen LogP contribution in [-0.4, -0.2) is 44.8 Å². The van der Waals surface area contributed by atoms with Gasteiger partial charge in [-0.25, -0.2) is 0 Å². The second-order valence-corrected chi connectivity index (χ2v) is 3.16. The average Bonchev–Trinajstić information content (AvgIpc) is 1.94. The first kappa shape index (κ1) is 12.7. The van der Waals surface area contributed by atoms with Gasteiger partial charge in [-0.3, -0.25) is 4.90 Å². The summed E-state index contributed by atoms with van der Waals surface area (Å²) in [6.07, 6.45) is -2.36. The van der Waals surface area contributed by atoms with Crippen molar-refractivity contribution in [3.8, 4) is 0 Å². The first-order valence-corrected chi connectivity index (χ1v) is 4.35. The molecule has 0 rings (SSSR count). The summed E-state index contributed by atoms with van der Waals surface area (Å²) >= 11 is 0. The first-order chi connectivity index (χ1) is 5.95. The van der Waals surface area contributed by atoms with Crippen molar-refractivity contribution in [3.63, 3.8) is 0 Å². The molecule has 0 aliphatic heterocycles. The van der Waals surface area contributed by atoms with Crippen molar-refractivity contribution in [2.45, 2.75) is 19.0 Å². The van der Waals surface area contributed by atoms with Crippen LogP contribution in [0.1, 0.15) is 12.8 Å². The van der Waals surface area contributed by atoms with Crippen LogP contribution in [-0.2, 0) is 0 Å². The molecule has 0 fully saturated rings. The highest BCUT2D eigenvalue weighted by Crippen LogP contribution is 2.15. The van der Waals surface area contributed by atoms with E-state index in [1.165, 1.54) is 11.9 Å². The van der Waals surface area contributed by atoms with Crippen LogP contribution in [0.4, 0.5) is 13.2 Å². The second kappa shape index (κ2) is 6.21. The summed E-state index contributed by atoms with van der Waals surface area (Å²) in [6, 6.07) is 0. The molecule has 0 bridgehead atoms. The molecule has 5 heteroatoms. The van der Waals surface area contributed by atoms with Crippen LogP contribution >= 0.6 is 0 Å². The first-order valence-electron chi connectivity index (χ1n) is 4.35. The molecule has 0 saturated heterocycles. The summed E-state index contributed by atoms with van der Waals surface area (Å²) in [5, 5.41) is 2.95. The van der Waals surface area contributed by atoms with Gasteiger partial charge in [0.05, 0.1) is 6.54 Å². The average molecular weight is 198 g/mol. The highest BCUT2D eigenvalue weighted by Gasteiger charge is 2.28. The molecule has 0 aromatic heterocycles. The van der Waals surface area contributed by atoms with E-state index < -0.39 is 12.7 Å². The maximum Gasteiger partial charge on any atom is 0.401 e. The zero-order valence-corrected chi connectivity index (χ0v) is 8.12. The van der Waals surface area contributed by atoms with Crippen LogP contribution in [0.3, 0.4) is 0 Å². The maximum atomic E-state index is 11.8. The van der Waals surface area contributed by atoms with Gasteiger partial charge in [0.15, 0.2) is 0 Å². The van der Waals surface area contributed by atoms with E-state index in [1.54, 1.807) is 0 Å². The molecular weight excluding hydrogens is 181 g/mol. The second-order valence-electron chi connectivity index (χ2n) is 3.16. The zero-order chi connectivity index (χ0) is 10.3. The Kier molecular flexibility index (Phi) is 6.07. The molecule has 0 amide bonds. The Bertz CT molecular complexity index is 125. The van der Waals surface area contributed by atoms with Crippen LogP contribution in [0.25, 0.3) is 0 Å². The normalized spacial score (nSPS) is 12.5. The largest absolute Gasteiger partial charge is 0.401 e. The molecule has 2 nitrogen and oxygen atoms in total. The summed E-state index contributed by atoms with van der Waals surface area (Å²) in [7, 11) is 3.33. The Hall–Kier alpha value is -0.290. The fourth-order valence-electron chi connectivity index (χ4n) is 1.07. The number of nitrogens with zero attached hydrogens (tertiary/aromatic N) is 1. The lowest BCUT2D eigenvalue weighted by Gasteiger charge is -2.18. The molecule has 0 unspecified atom stereocenters. The zero-order valence-electron chi connectivity index (χ0n) is 8.12. The quantitative estimate of drug-likeness (QED) is 0.650. The van der Waals surface area contributed by atoms with Crippen LogP contribution < -0.4 is 5.32 Å². The van der Waals surface area contributed by atoms with Gasteiger partial charge in [-0.2, -0.15) is 13.2 Å². The number of nitrogens with one attached hydrogen (secondary N) is 1. The topological polar surface area (TPSA) is 15.3 Å². The van der Waals surface area contributed by atoms with Gasteiger partial charge in [0.1, 0.15) is 0 Å². The molecule has 0 radical (unpaired) electrons. The molecule has 0 aromatic rings. The van der Waals surface area contributed by atoms with Crippen molar-refractivity contribution in [1.82, 2.24) is 10.2 Å². The Morgan fingerprint density at radius 2 is 1.85 bits per heavy atom. The lowest BCUT2D eigenvalue weighted by Crippen LogP contribution is -2.31. The van der Waals surface area contributed by atoms with Crippen LogP contribution in [0, 0.1) is 0 Å². The molecule has 80 valence electrons. The summed E-state index contributed by atoms with van der Waals surface area (Å²) in [5.41, 5.74) is 0. The SMILES string of the molecule is CNCCCCN(C)CC(F)(F)F. The van der Waals surface area contributed by atoms with Crippen molar-refractivity contribution in [1.29, 1.82) is 0 Å². The smallest absolute Gasteiger partial charge is 0.320 e. The van der Waals surface area contributed by atoms with Crippen molar-refractivity contribution in [2.75, 3.05) is 33.7 Å². The van der Waals surface area contributed by atoms with E-state index in [2.05, 4.69) is 5.32 Å². The minimum atomic E-state index is -4.07. The number of halogens is 3. The molecule has 0 saturated carbocycles.